The normalized spacial score (nSPS) is 17.9. The third-order valence-corrected chi connectivity index (χ3v) is 3.86. The molecule has 0 aliphatic carbocycles. The molecule has 0 spiro atoms. The van der Waals surface area contributed by atoms with Gasteiger partial charge in [0, 0.05) is 32.7 Å². The van der Waals surface area contributed by atoms with Gasteiger partial charge in [-0.05, 0) is 30.5 Å². The van der Waals surface area contributed by atoms with Gasteiger partial charge in [-0.15, -0.1) is 0 Å². The summed E-state index contributed by atoms with van der Waals surface area (Å²) < 4.78 is 0. The summed E-state index contributed by atoms with van der Waals surface area (Å²) in [6.07, 6.45) is 1.98. The minimum absolute atomic E-state index is 0.456. The SMILES string of the molecule is Cc1cccc(CN2CCN(C[C]=O)CC2)c1C. The Hall–Kier alpha value is -1.19. The molecule has 3 heteroatoms. The highest BCUT2D eigenvalue weighted by Gasteiger charge is 2.17. The van der Waals surface area contributed by atoms with Crippen LogP contribution in [0.3, 0.4) is 0 Å². The maximum absolute atomic E-state index is 10.3. The van der Waals surface area contributed by atoms with Crippen molar-refractivity contribution in [3.05, 3.63) is 34.9 Å². The second-order valence-corrected chi connectivity index (χ2v) is 5.06. The predicted octanol–water partition coefficient (Wildman–Crippen LogP) is 1.53. The molecule has 0 atom stereocenters. The number of aryl methyl sites for hydroxylation is 1. The van der Waals surface area contributed by atoms with E-state index in [1.54, 1.807) is 0 Å². The topological polar surface area (TPSA) is 23.6 Å². The van der Waals surface area contributed by atoms with Crippen LogP contribution < -0.4 is 0 Å². The molecule has 0 N–H and O–H groups in total. The van der Waals surface area contributed by atoms with Crippen molar-refractivity contribution in [3.8, 4) is 0 Å². The number of benzene rings is 1. The van der Waals surface area contributed by atoms with E-state index in [1.807, 2.05) is 6.29 Å². The van der Waals surface area contributed by atoms with Crippen molar-refractivity contribution >= 4 is 6.29 Å². The second kappa shape index (κ2) is 6.12. The standard InChI is InChI=1S/C15H21N2O/c1-13-4-3-5-15(14(13)2)12-17-8-6-16(7-9-17)10-11-18/h3-5H,6-10,12H2,1-2H3. The molecule has 0 aromatic heterocycles. The van der Waals surface area contributed by atoms with Crippen LogP contribution in [0.15, 0.2) is 18.2 Å². The molecule has 1 saturated heterocycles. The van der Waals surface area contributed by atoms with Crippen molar-refractivity contribution in [1.82, 2.24) is 9.80 Å². The number of carbonyl (C=O) groups excluding carboxylic acids is 1. The van der Waals surface area contributed by atoms with Crippen LogP contribution in [0.4, 0.5) is 0 Å². The predicted molar refractivity (Wildman–Crippen MR) is 73.3 cm³/mol. The van der Waals surface area contributed by atoms with Gasteiger partial charge in [0.1, 0.15) is 0 Å². The molecular weight excluding hydrogens is 224 g/mol. The highest BCUT2D eigenvalue weighted by Crippen LogP contribution is 2.15. The Morgan fingerprint density at radius 3 is 2.44 bits per heavy atom. The number of hydrogen-bond acceptors (Lipinski definition) is 3. The molecule has 1 aromatic rings. The third-order valence-electron chi connectivity index (χ3n) is 3.86. The Morgan fingerprint density at radius 2 is 1.78 bits per heavy atom. The van der Waals surface area contributed by atoms with Crippen molar-refractivity contribution < 1.29 is 4.79 Å². The van der Waals surface area contributed by atoms with Crippen molar-refractivity contribution in [2.24, 2.45) is 0 Å². The summed E-state index contributed by atoms with van der Waals surface area (Å²) in [6.45, 7) is 9.85. The van der Waals surface area contributed by atoms with E-state index in [2.05, 4.69) is 41.8 Å². The molecule has 1 heterocycles. The van der Waals surface area contributed by atoms with E-state index in [4.69, 9.17) is 0 Å². The lowest BCUT2D eigenvalue weighted by Gasteiger charge is -2.33. The van der Waals surface area contributed by atoms with E-state index in [0.29, 0.717) is 6.54 Å². The fraction of sp³-hybridized carbons (Fsp3) is 0.533. The van der Waals surface area contributed by atoms with Crippen LogP contribution in [0.2, 0.25) is 0 Å². The van der Waals surface area contributed by atoms with Gasteiger partial charge in [-0.3, -0.25) is 14.6 Å². The van der Waals surface area contributed by atoms with E-state index < -0.39 is 0 Å². The summed E-state index contributed by atoms with van der Waals surface area (Å²) in [7, 11) is 0. The van der Waals surface area contributed by atoms with Gasteiger partial charge in [0.25, 0.3) is 0 Å². The summed E-state index contributed by atoms with van der Waals surface area (Å²) in [4.78, 5) is 15.0. The summed E-state index contributed by atoms with van der Waals surface area (Å²) >= 11 is 0. The van der Waals surface area contributed by atoms with E-state index >= 15 is 0 Å². The van der Waals surface area contributed by atoms with Gasteiger partial charge in [0.05, 0.1) is 6.54 Å². The smallest absolute Gasteiger partial charge is 0.213 e. The molecule has 2 rings (SSSR count). The second-order valence-electron chi connectivity index (χ2n) is 5.06. The molecule has 1 aliphatic heterocycles. The van der Waals surface area contributed by atoms with Crippen molar-refractivity contribution in [3.63, 3.8) is 0 Å². The van der Waals surface area contributed by atoms with Crippen LogP contribution in [0.25, 0.3) is 0 Å². The number of piperazine rings is 1. The van der Waals surface area contributed by atoms with Crippen LogP contribution in [0.5, 0.6) is 0 Å². The number of hydrogen-bond donors (Lipinski definition) is 0. The average molecular weight is 245 g/mol. The van der Waals surface area contributed by atoms with Crippen molar-refractivity contribution in [1.29, 1.82) is 0 Å². The Bertz CT molecular complexity index is 409. The molecule has 0 unspecified atom stereocenters. The number of rotatable bonds is 4. The van der Waals surface area contributed by atoms with Gasteiger partial charge in [-0.2, -0.15) is 0 Å². The van der Waals surface area contributed by atoms with Gasteiger partial charge in [0.15, 0.2) is 0 Å². The van der Waals surface area contributed by atoms with Gasteiger partial charge >= 0.3 is 0 Å². The molecule has 0 amide bonds. The maximum atomic E-state index is 10.3. The average Bonchev–Trinajstić information content (AvgIpc) is 2.38. The van der Waals surface area contributed by atoms with Gasteiger partial charge in [-0.1, -0.05) is 18.2 Å². The largest absolute Gasteiger partial charge is 0.297 e. The van der Waals surface area contributed by atoms with Crippen LogP contribution >= 0.6 is 0 Å². The van der Waals surface area contributed by atoms with Crippen LogP contribution in [0.1, 0.15) is 16.7 Å². The first-order valence-electron chi connectivity index (χ1n) is 6.55. The first kappa shape index (κ1) is 13.2. The molecule has 0 bridgehead atoms. The van der Waals surface area contributed by atoms with Crippen LogP contribution in [-0.2, 0) is 11.3 Å². The highest BCUT2D eigenvalue weighted by atomic mass is 16.1. The van der Waals surface area contributed by atoms with E-state index in [1.165, 1.54) is 16.7 Å². The monoisotopic (exact) mass is 245 g/mol. The maximum Gasteiger partial charge on any atom is 0.213 e. The molecule has 1 fully saturated rings. The van der Waals surface area contributed by atoms with Crippen molar-refractivity contribution in [2.45, 2.75) is 20.4 Å². The lowest BCUT2D eigenvalue weighted by molar-refractivity contribution is 0.139. The van der Waals surface area contributed by atoms with E-state index in [0.717, 1.165) is 32.7 Å². The van der Waals surface area contributed by atoms with Gasteiger partial charge in [-0.25, -0.2) is 0 Å². The fourth-order valence-corrected chi connectivity index (χ4v) is 2.42. The molecule has 3 nitrogen and oxygen atoms in total. The summed E-state index contributed by atoms with van der Waals surface area (Å²) in [5, 5.41) is 0. The van der Waals surface area contributed by atoms with Crippen LogP contribution in [-0.4, -0.2) is 48.8 Å². The minimum Gasteiger partial charge on any atom is -0.297 e. The highest BCUT2D eigenvalue weighted by molar-refractivity contribution is 5.53. The quantitative estimate of drug-likeness (QED) is 0.804. The van der Waals surface area contributed by atoms with Gasteiger partial charge in [0.2, 0.25) is 6.29 Å². The summed E-state index contributed by atoms with van der Waals surface area (Å²) in [5.41, 5.74) is 4.19. The van der Waals surface area contributed by atoms with Crippen LogP contribution in [0, 0.1) is 13.8 Å². The molecule has 0 saturated carbocycles. The lowest BCUT2D eigenvalue weighted by atomic mass is 10.0. The fourth-order valence-electron chi connectivity index (χ4n) is 2.42. The molecular formula is C15H21N2O. The van der Waals surface area contributed by atoms with Crippen molar-refractivity contribution in [2.75, 3.05) is 32.7 Å². The minimum atomic E-state index is 0.456. The Kier molecular flexibility index (Phi) is 4.50. The third kappa shape index (κ3) is 3.18. The first-order valence-corrected chi connectivity index (χ1v) is 6.55. The molecule has 97 valence electrons. The zero-order chi connectivity index (χ0) is 13.0. The van der Waals surface area contributed by atoms with E-state index in [-0.39, 0.29) is 0 Å². The molecule has 1 aliphatic rings. The Balaban J connectivity index is 1.91. The Morgan fingerprint density at radius 1 is 1.11 bits per heavy atom. The molecule has 1 radical (unpaired) electrons. The van der Waals surface area contributed by atoms with Gasteiger partial charge < -0.3 is 0 Å². The molecule has 18 heavy (non-hydrogen) atoms. The molecule has 1 aromatic carbocycles. The summed E-state index contributed by atoms with van der Waals surface area (Å²) in [6, 6.07) is 6.51. The Labute approximate surface area is 109 Å². The first-order chi connectivity index (χ1) is 8.70. The summed E-state index contributed by atoms with van der Waals surface area (Å²) in [5.74, 6) is 0. The lowest BCUT2D eigenvalue weighted by Crippen LogP contribution is -2.46. The number of nitrogens with zero attached hydrogens (tertiary/aromatic N) is 2. The van der Waals surface area contributed by atoms with E-state index in [9.17, 15) is 4.79 Å². The zero-order valence-electron chi connectivity index (χ0n) is 11.3. The zero-order valence-corrected chi connectivity index (χ0v) is 11.3.